The fraction of sp³-hybridized carbons (Fsp3) is 1.00. The van der Waals surface area contributed by atoms with Gasteiger partial charge < -0.3 is 0 Å². The highest BCUT2D eigenvalue weighted by Crippen LogP contribution is 2.39. The molecular weight excluding hydrogens is 147 g/mol. The highest BCUT2D eigenvalue weighted by atomic mass is 35.5. The third kappa shape index (κ3) is 1.51. The Morgan fingerprint density at radius 1 is 1.50 bits per heavy atom. The second kappa shape index (κ2) is 2.05. The van der Waals surface area contributed by atoms with Crippen molar-refractivity contribution >= 4 is 23.2 Å². The van der Waals surface area contributed by atoms with Gasteiger partial charge in [-0.3, -0.25) is 0 Å². The normalized spacial score (nSPS) is 35.6. The topological polar surface area (TPSA) is 19.9 Å². The molecule has 0 aromatic rings. The maximum absolute atomic E-state index is 10.6. The molecule has 0 spiro atoms. The van der Waals surface area contributed by atoms with Gasteiger partial charge in [0, 0.05) is 6.42 Å². The van der Waals surface area contributed by atoms with Crippen LogP contribution in [-0.4, -0.2) is 10.4 Å². The van der Waals surface area contributed by atoms with Crippen molar-refractivity contribution in [3.05, 3.63) is 0 Å². The Kier molecular flexibility index (Phi) is 1.71. The quantitative estimate of drug-likeness (QED) is 0.476. The summed E-state index contributed by atoms with van der Waals surface area (Å²) in [5, 5.41) is 10.6. The van der Waals surface area contributed by atoms with Crippen LogP contribution in [0.25, 0.3) is 0 Å². The molecule has 0 amide bonds. The van der Waals surface area contributed by atoms with Crippen LogP contribution in [0.15, 0.2) is 0 Å². The summed E-state index contributed by atoms with van der Waals surface area (Å²) in [5.74, 6) is 0. The van der Waals surface area contributed by atoms with E-state index in [4.69, 9.17) is 23.2 Å². The number of hydrogen-bond acceptors (Lipinski definition) is 0. The maximum atomic E-state index is 10.6. The van der Waals surface area contributed by atoms with E-state index >= 15 is 0 Å². The van der Waals surface area contributed by atoms with Crippen LogP contribution in [0.1, 0.15) is 19.3 Å². The summed E-state index contributed by atoms with van der Waals surface area (Å²) < 4.78 is -0.702. The first-order chi connectivity index (χ1) is 3.60. The van der Waals surface area contributed by atoms with E-state index < -0.39 is 10.4 Å². The molecular formula is C5H7Cl2O. The average Bonchev–Trinajstić information content (AvgIpc) is 1.82. The van der Waals surface area contributed by atoms with Crippen LogP contribution in [0.2, 0.25) is 0 Å². The molecule has 1 aliphatic rings. The third-order valence-electron chi connectivity index (χ3n) is 1.36. The van der Waals surface area contributed by atoms with Crippen LogP contribution in [-0.2, 0) is 5.11 Å². The number of hydrogen-bond donors (Lipinski definition) is 0. The lowest BCUT2D eigenvalue weighted by Crippen LogP contribution is -2.07. The predicted octanol–water partition coefficient (Wildman–Crippen LogP) is 2.14. The average molecular weight is 154 g/mol. The zero-order chi connectivity index (χ0) is 6.20. The molecule has 8 heavy (non-hydrogen) atoms. The van der Waals surface area contributed by atoms with Crippen molar-refractivity contribution in [1.82, 2.24) is 0 Å². The summed E-state index contributed by atoms with van der Waals surface area (Å²) in [4.78, 5) is 0. The highest BCUT2D eigenvalue weighted by molar-refractivity contribution is 6.48. The molecule has 3 heteroatoms. The molecule has 1 fully saturated rings. The van der Waals surface area contributed by atoms with E-state index in [2.05, 4.69) is 0 Å². The minimum Gasteiger partial charge on any atom is -0.233 e. The van der Waals surface area contributed by atoms with Gasteiger partial charge in [0.15, 0.2) is 0 Å². The Balaban J connectivity index is 2.44. The lowest BCUT2D eigenvalue weighted by Gasteiger charge is -2.07. The van der Waals surface area contributed by atoms with E-state index in [1.807, 2.05) is 0 Å². The van der Waals surface area contributed by atoms with Crippen molar-refractivity contribution in [2.45, 2.75) is 29.7 Å². The van der Waals surface area contributed by atoms with Gasteiger partial charge in [0.2, 0.25) is 0 Å². The molecule has 1 nitrogen and oxygen atoms in total. The molecule has 0 aromatic heterocycles. The van der Waals surface area contributed by atoms with Gasteiger partial charge in [-0.05, 0) is 12.8 Å². The fourth-order valence-electron chi connectivity index (χ4n) is 0.909. The van der Waals surface area contributed by atoms with E-state index in [0.29, 0.717) is 19.3 Å². The monoisotopic (exact) mass is 153 g/mol. The molecule has 0 heterocycles. The van der Waals surface area contributed by atoms with Crippen LogP contribution < -0.4 is 0 Å². The first-order valence-electron chi connectivity index (χ1n) is 2.64. The largest absolute Gasteiger partial charge is 0.233 e. The smallest absolute Gasteiger partial charge is 0.121 e. The molecule has 0 N–H and O–H groups in total. The molecule has 1 atom stereocenters. The van der Waals surface area contributed by atoms with Gasteiger partial charge in [0.1, 0.15) is 4.33 Å². The second-order valence-corrected chi connectivity index (χ2v) is 3.86. The highest BCUT2D eigenvalue weighted by Gasteiger charge is 2.35. The van der Waals surface area contributed by atoms with Crippen LogP contribution in [0.5, 0.6) is 0 Å². The number of halogens is 2. The van der Waals surface area contributed by atoms with Crippen LogP contribution in [0.3, 0.4) is 0 Å². The zero-order valence-electron chi connectivity index (χ0n) is 4.36. The van der Waals surface area contributed by atoms with Crippen LogP contribution in [0.4, 0.5) is 0 Å². The summed E-state index contributed by atoms with van der Waals surface area (Å²) in [6.45, 7) is 0. The molecule has 1 radical (unpaired) electrons. The van der Waals surface area contributed by atoms with Gasteiger partial charge in [-0.25, -0.2) is 5.11 Å². The van der Waals surface area contributed by atoms with Crippen molar-refractivity contribution < 1.29 is 5.11 Å². The Labute approximate surface area is 58.6 Å². The third-order valence-corrected chi connectivity index (χ3v) is 2.04. The Bertz CT molecular complexity index is 92.4. The molecule has 0 aliphatic heterocycles. The SMILES string of the molecule is [O]C1CCC(Cl)(Cl)C1. The lowest BCUT2D eigenvalue weighted by atomic mass is 10.3. The molecule has 1 saturated carbocycles. The summed E-state index contributed by atoms with van der Waals surface area (Å²) in [7, 11) is 0. The maximum Gasteiger partial charge on any atom is 0.121 e. The first kappa shape index (κ1) is 6.66. The van der Waals surface area contributed by atoms with Crippen molar-refractivity contribution in [2.75, 3.05) is 0 Å². The molecule has 1 rings (SSSR count). The summed E-state index contributed by atoms with van der Waals surface area (Å²) in [5.41, 5.74) is 0. The van der Waals surface area contributed by atoms with Crippen molar-refractivity contribution in [3.63, 3.8) is 0 Å². The Hall–Kier alpha value is 0.540. The fourth-order valence-corrected chi connectivity index (χ4v) is 1.47. The minimum atomic E-state index is -0.702. The van der Waals surface area contributed by atoms with Crippen molar-refractivity contribution in [3.8, 4) is 0 Å². The lowest BCUT2D eigenvalue weighted by molar-refractivity contribution is 0.0950. The van der Waals surface area contributed by atoms with E-state index in [1.165, 1.54) is 0 Å². The van der Waals surface area contributed by atoms with E-state index in [-0.39, 0.29) is 0 Å². The predicted molar refractivity (Wildman–Crippen MR) is 32.8 cm³/mol. The molecule has 1 aliphatic carbocycles. The van der Waals surface area contributed by atoms with Crippen molar-refractivity contribution in [2.24, 2.45) is 0 Å². The Morgan fingerprint density at radius 3 is 2.25 bits per heavy atom. The molecule has 0 bridgehead atoms. The number of alkyl halides is 2. The molecule has 0 aromatic carbocycles. The zero-order valence-corrected chi connectivity index (χ0v) is 5.87. The van der Waals surface area contributed by atoms with E-state index in [1.54, 1.807) is 0 Å². The Morgan fingerprint density at radius 2 is 2.12 bits per heavy atom. The van der Waals surface area contributed by atoms with Gasteiger partial charge in [0.25, 0.3) is 0 Å². The van der Waals surface area contributed by atoms with Crippen LogP contribution in [0, 0.1) is 0 Å². The summed E-state index contributed by atoms with van der Waals surface area (Å²) in [6, 6.07) is 0. The van der Waals surface area contributed by atoms with Gasteiger partial charge in [-0.2, -0.15) is 0 Å². The molecule has 0 saturated heterocycles. The summed E-state index contributed by atoms with van der Waals surface area (Å²) in [6.07, 6.45) is 1.18. The van der Waals surface area contributed by atoms with Gasteiger partial charge >= 0.3 is 0 Å². The van der Waals surface area contributed by atoms with Gasteiger partial charge in [-0.15, -0.1) is 23.2 Å². The standard InChI is InChI=1S/C5H7Cl2O/c6-5(7)2-1-4(8)3-5/h4H,1-3H2. The first-order valence-corrected chi connectivity index (χ1v) is 3.39. The van der Waals surface area contributed by atoms with E-state index in [9.17, 15) is 5.11 Å². The number of rotatable bonds is 0. The molecule has 47 valence electrons. The van der Waals surface area contributed by atoms with E-state index in [0.717, 1.165) is 0 Å². The molecule has 1 unspecified atom stereocenters. The summed E-state index contributed by atoms with van der Waals surface area (Å²) >= 11 is 11.3. The van der Waals surface area contributed by atoms with Crippen molar-refractivity contribution in [1.29, 1.82) is 0 Å². The minimum absolute atomic E-state index is 0.413. The van der Waals surface area contributed by atoms with Gasteiger partial charge in [0.05, 0.1) is 6.10 Å². The second-order valence-electron chi connectivity index (χ2n) is 2.22. The van der Waals surface area contributed by atoms with Gasteiger partial charge in [-0.1, -0.05) is 0 Å². The van der Waals surface area contributed by atoms with Crippen LogP contribution >= 0.6 is 23.2 Å².